The number of aliphatic carboxylic acids is 1. The van der Waals surface area contributed by atoms with Crippen LogP contribution in [-0.2, 0) is 11.3 Å². The molecule has 0 radical (unpaired) electrons. The number of carboxylic acid groups (broad SMARTS) is 1. The molecule has 0 heterocycles. The van der Waals surface area contributed by atoms with Crippen LogP contribution in [0.3, 0.4) is 0 Å². The maximum Gasteiger partial charge on any atom is 0.331 e. The zero-order valence-electron chi connectivity index (χ0n) is 13.9. The van der Waals surface area contributed by atoms with Gasteiger partial charge in [-0.05, 0) is 18.1 Å². The Morgan fingerprint density at radius 3 is 2.24 bits per heavy atom. The highest BCUT2D eigenvalue weighted by Crippen LogP contribution is 2.12. The second kappa shape index (κ2) is 9.12. The first-order chi connectivity index (χ1) is 12.0. The Kier molecular flexibility index (Phi) is 6.59. The standard InChI is InChI=1S/C19H21N3O3/c1-14(16-10-6-3-7-11-16)21-17(12-18(23)24)22-19(25)20-13-15-8-4-2-5-9-15/h2-12,14,21H,13H2,1H3,(H,23,24)(H2,20,22,25)/t14-/m0/s1. The Hall–Kier alpha value is -3.28. The minimum absolute atomic E-state index is 0.120. The summed E-state index contributed by atoms with van der Waals surface area (Å²) in [5.74, 6) is -1.03. The molecule has 1 atom stereocenters. The lowest BCUT2D eigenvalue weighted by molar-refractivity contribution is -0.131. The summed E-state index contributed by atoms with van der Waals surface area (Å²) < 4.78 is 0. The third kappa shape index (κ3) is 6.39. The van der Waals surface area contributed by atoms with Crippen molar-refractivity contribution >= 4 is 12.0 Å². The second-order valence-electron chi connectivity index (χ2n) is 5.47. The Morgan fingerprint density at radius 1 is 1.04 bits per heavy atom. The molecule has 0 spiro atoms. The normalized spacial score (nSPS) is 12.1. The molecular formula is C19H21N3O3. The smallest absolute Gasteiger partial charge is 0.331 e. The minimum Gasteiger partial charge on any atom is -0.478 e. The van der Waals surface area contributed by atoms with Gasteiger partial charge in [0.15, 0.2) is 0 Å². The lowest BCUT2D eigenvalue weighted by Crippen LogP contribution is -2.39. The minimum atomic E-state index is -1.15. The van der Waals surface area contributed by atoms with Gasteiger partial charge in [0.25, 0.3) is 0 Å². The van der Waals surface area contributed by atoms with E-state index in [4.69, 9.17) is 5.11 Å². The summed E-state index contributed by atoms with van der Waals surface area (Å²) in [7, 11) is 0. The van der Waals surface area contributed by atoms with Gasteiger partial charge in [-0.2, -0.15) is 0 Å². The van der Waals surface area contributed by atoms with E-state index >= 15 is 0 Å². The highest BCUT2D eigenvalue weighted by atomic mass is 16.4. The van der Waals surface area contributed by atoms with Gasteiger partial charge in [-0.1, -0.05) is 60.7 Å². The van der Waals surface area contributed by atoms with Gasteiger partial charge in [0.1, 0.15) is 5.82 Å². The zero-order valence-corrected chi connectivity index (χ0v) is 13.9. The van der Waals surface area contributed by atoms with Crippen molar-refractivity contribution in [3.05, 3.63) is 83.7 Å². The molecule has 0 saturated carbocycles. The first-order valence-electron chi connectivity index (χ1n) is 7.89. The number of hydrogen-bond donors (Lipinski definition) is 4. The van der Waals surface area contributed by atoms with Crippen molar-refractivity contribution in [2.24, 2.45) is 0 Å². The molecule has 0 aliphatic carbocycles. The van der Waals surface area contributed by atoms with Gasteiger partial charge in [0.05, 0.1) is 6.08 Å². The summed E-state index contributed by atoms with van der Waals surface area (Å²) in [5.41, 5.74) is 1.93. The van der Waals surface area contributed by atoms with Crippen LogP contribution in [-0.4, -0.2) is 17.1 Å². The number of carbonyl (C=O) groups excluding carboxylic acids is 1. The first kappa shape index (κ1) is 18.1. The fourth-order valence-corrected chi connectivity index (χ4v) is 2.24. The molecule has 0 aliphatic heterocycles. The Bertz CT molecular complexity index is 730. The highest BCUT2D eigenvalue weighted by Gasteiger charge is 2.11. The molecule has 2 aromatic rings. The molecule has 0 bridgehead atoms. The third-order valence-electron chi connectivity index (χ3n) is 3.48. The maximum absolute atomic E-state index is 12.0. The second-order valence-corrected chi connectivity index (χ2v) is 5.47. The quantitative estimate of drug-likeness (QED) is 0.584. The fraction of sp³-hybridized carbons (Fsp3) is 0.158. The number of amides is 2. The van der Waals surface area contributed by atoms with Crippen LogP contribution in [0.1, 0.15) is 24.1 Å². The number of nitrogens with one attached hydrogen (secondary N) is 3. The number of carboxylic acids is 1. The van der Waals surface area contributed by atoms with Crippen LogP contribution in [0.5, 0.6) is 0 Å². The van der Waals surface area contributed by atoms with Gasteiger partial charge in [0, 0.05) is 12.6 Å². The van der Waals surface area contributed by atoms with Crippen LogP contribution < -0.4 is 16.0 Å². The van der Waals surface area contributed by atoms with Gasteiger partial charge in [-0.3, -0.25) is 5.32 Å². The summed E-state index contributed by atoms with van der Waals surface area (Å²) in [6.45, 7) is 2.23. The van der Waals surface area contributed by atoms with E-state index in [1.807, 2.05) is 67.6 Å². The molecule has 0 unspecified atom stereocenters. The van der Waals surface area contributed by atoms with Crippen LogP contribution in [0.15, 0.2) is 72.6 Å². The van der Waals surface area contributed by atoms with E-state index in [9.17, 15) is 9.59 Å². The van der Waals surface area contributed by atoms with Crippen molar-refractivity contribution in [3.8, 4) is 0 Å². The SMILES string of the molecule is C[C@H](NC(=CC(=O)O)NC(=O)NCc1ccccc1)c1ccccc1. The molecule has 2 amide bonds. The largest absolute Gasteiger partial charge is 0.478 e. The van der Waals surface area contributed by atoms with Crippen LogP contribution >= 0.6 is 0 Å². The number of urea groups is 1. The lowest BCUT2D eigenvalue weighted by Gasteiger charge is -2.19. The molecule has 4 N–H and O–H groups in total. The topological polar surface area (TPSA) is 90.5 Å². The van der Waals surface area contributed by atoms with Crippen molar-refractivity contribution in [1.29, 1.82) is 0 Å². The zero-order chi connectivity index (χ0) is 18.1. The van der Waals surface area contributed by atoms with Crippen LogP contribution in [0, 0.1) is 0 Å². The van der Waals surface area contributed by atoms with E-state index in [-0.39, 0.29) is 11.9 Å². The molecule has 6 heteroatoms. The summed E-state index contributed by atoms with van der Waals surface area (Å²) in [4.78, 5) is 23.0. The van der Waals surface area contributed by atoms with Crippen molar-refractivity contribution in [2.75, 3.05) is 0 Å². The molecule has 25 heavy (non-hydrogen) atoms. The van der Waals surface area contributed by atoms with Gasteiger partial charge in [0.2, 0.25) is 0 Å². The van der Waals surface area contributed by atoms with Crippen LogP contribution in [0.4, 0.5) is 4.79 Å². The van der Waals surface area contributed by atoms with Crippen molar-refractivity contribution in [2.45, 2.75) is 19.5 Å². The van der Waals surface area contributed by atoms with Crippen LogP contribution in [0.25, 0.3) is 0 Å². The Balaban J connectivity index is 1.95. The average molecular weight is 339 g/mol. The molecule has 0 aromatic heterocycles. The monoisotopic (exact) mass is 339 g/mol. The number of benzene rings is 2. The summed E-state index contributed by atoms with van der Waals surface area (Å²) in [6, 6.07) is 18.3. The van der Waals surface area contributed by atoms with Crippen LogP contribution in [0.2, 0.25) is 0 Å². The highest BCUT2D eigenvalue weighted by molar-refractivity contribution is 5.83. The van der Waals surface area contributed by atoms with Crippen molar-refractivity contribution in [3.63, 3.8) is 0 Å². The fourth-order valence-electron chi connectivity index (χ4n) is 2.24. The molecule has 0 fully saturated rings. The van der Waals surface area contributed by atoms with Crippen molar-refractivity contribution < 1.29 is 14.7 Å². The van der Waals surface area contributed by atoms with Gasteiger partial charge in [-0.25, -0.2) is 9.59 Å². The van der Waals surface area contributed by atoms with E-state index in [1.54, 1.807) is 0 Å². The summed E-state index contributed by atoms with van der Waals surface area (Å²) in [5, 5.41) is 17.2. The van der Waals surface area contributed by atoms with E-state index < -0.39 is 12.0 Å². The molecule has 0 saturated heterocycles. The average Bonchev–Trinajstić information content (AvgIpc) is 2.61. The summed E-state index contributed by atoms with van der Waals surface area (Å²) >= 11 is 0. The maximum atomic E-state index is 12.0. The van der Waals surface area contributed by atoms with E-state index in [2.05, 4.69) is 16.0 Å². The van der Waals surface area contributed by atoms with Gasteiger partial charge >= 0.3 is 12.0 Å². The summed E-state index contributed by atoms with van der Waals surface area (Å²) in [6.07, 6.45) is 0.932. The van der Waals surface area contributed by atoms with Gasteiger partial charge in [-0.15, -0.1) is 0 Å². The van der Waals surface area contributed by atoms with Gasteiger partial charge < -0.3 is 15.7 Å². The molecular weight excluding hydrogens is 318 g/mol. The lowest BCUT2D eigenvalue weighted by atomic mass is 10.1. The number of hydrogen-bond acceptors (Lipinski definition) is 3. The van der Waals surface area contributed by atoms with E-state index in [0.29, 0.717) is 6.54 Å². The predicted octanol–water partition coefficient (Wildman–Crippen LogP) is 2.76. The molecule has 6 nitrogen and oxygen atoms in total. The Labute approximate surface area is 146 Å². The molecule has 2 aromatic carbocycles. The Morgan fingerprint density at radius 2 is 1.64 bits per heavy atom. The van der Waals surface area contributed by atoms with E-state index in [0.717, 1.165) is 17.2 Å². The molecule has 2 rings (SSSR count). The third-order valence-corrected chi connectivity index (χ3v) is 3.48. The predicted molar refractivity (Wildman–Crippen MR) is 95.5 cm³/mol. The first-order valence-corrected chi connectivity index (χ1v) is 7.89. The van der Waals surface area contributed by atoms with E-state index in [1.165, 1.54) is 0 Å². The molecule has 130 valence electrons. The number of rotatable bonds is 7. The van der Waals surface area contributed by atoms with Crippen molar-refractivity contribution in [1.82, 2.24) is 16.0 Å². The molecule has 0 aliphatic rings. The number of carbonyl (C=O) groups is 2.